The zero-order valence-electron chi connectivity index (χ0n) is 13.0. The second kappa shape index (κ2) is 7.14. The maximum Gasteiger partial charge on any atom is 0.409 e. The SMILES string of the molecule is COc1cc(S(=O)(=O)N(C)C(c2ccc(Cl)cc2)C(F)(F)F)cnn1. The van der Waals surface area contributed by atoms with E-state index in [0.29, 0.717) is 0 Å². The van der Waals surface area contributed by atoms with E-state index < -0.39 is 27.1 Å². The standard InChI is InChI=1S/C14H13ClF3N3O3S/c1-21(25(22,23)11-7-12(24-2)20-19-8-11)13(14(16,17)18)9-3-5-10(15)6-4-9/h3-8,13H,1-2H3. The summed E-state index contributed by atoms with van der Waals surface area (Å²) >= 11 is 5.69. The molecular formula is C14H13ClF3N3O3S. The Labute approximate surface area is 147 Å². The molecule has 0 aliphatic rings. The van der Waals surface area contributed by atoms with Crippen LogP contribution in [0.1, 0.15) is 11.6 Å². The van der Waals surface area contributed by atoms with Crippen molar-refractivity contribution in [3.63, 3.8) is 0 Å². The zero-order valence-corrected chi connectivity index (χ0v) is 14.6. The Kier molecular flexibility index (Phi) is 5.55. The lowest BCUT2D eigenvalue weighted by molar-refractivity contribution is -0.171. The summed E-state index contributed by atoms with van der Waals surface area (Å²) in [6.07, 6.45) is -4.00. The lowest BCUT2D eigenvalue weighted by Crippen LogP contribution is -2.39. The van der Waals surface area contributed by atoms with Gasteiger partial charge in [0.25, 0.3) is 0 Å². The first kappa shape index (κ1) is 19.4. The van der Waals surface area contributed by atoms with E-state index in [0.717, 1.165) is 31.4 Å². The van der Waals surface area contributed by atoms with Crippen LogP contribution >= 0.6 is 11.6 Å². The van der Waals surface area contributed by atoms with Crippen molar-refractivity contribution >= 4 is 21.6 Å². The molecule has 0 aliphatic heterocycles. The van der Waals surface area contributed by atoms with E-state index in [1.54, 1.807) is 0 Å². The van der Waals surface area contributed by atoms with Crippen LogP contribution in [0.25, 0.3) is 0 Å². The minimum absolute atomic E-state index is 0.135. The molecule has 1 aromatic heterocycles. The largest absolute Gasteiger partial charge is 0.480 e. The van der Waals surface area contributed by atoms with Gasteiger partial charge in [-0.15, -0.1) is 5.10 Å². The molecule has 11 heteroatoms. The van der Waals surface area contributed by atoms with Gasteiger partial charge < -0.3 is 4.74 Å². The highest BCUT2D eigenvalue weighted by molar-refractivity contribution is 7.89. The van der Waals surface area contributed by atoms with E-state index in [2.05, 4.69) is 10.2 Å². The van der Waals surface area contributed by atoms with Gasteiger partial charge in [-0.2, -0.15) is 22.6 Å². The normalized spacial score (nSPS) is 13.7. The second-order valence-electron chi connectivity index (χ2n) is 4.95. The quantitative estimate of drug-likeness (QED) is 0.778. The van der Waals surface area contributed by atoms with Crippen LogP contribution in [-0.4, -0.2) is 43.3 Å². The molecule has 2 aromatic rings. The fourth-order valence-corrected chi connectivity index (χ4v) is 3.53. The summed E-state index contributed by atoms with van der Waals surface area (Å²) in [5, 5.41) is 7.17. The van der Waals surface area contributed by atoms with Gasteiger partial charge in [0.1, 0.15) is 10.9 Å². The third-order valence-corrected chi connectivity index (χ3v) is 5.39. The first-order chi connectivity index (χ1) is 11.6. The van der Waals surface area contributed by atoms with E-state index in [-0.39, 0.29) is 20.8 Å². The van der Waals surface area contributed by atoms with Gasteiger partial charge in [-0.25, -0.2) is 8.42 Å². The Morgan fingerprint density at radius 2 is 1.84 bits per heavy atom. The topological polar surface area (TPSA) is 72.4 Å². The van der Waals surface area contributed by atoms with Gasteiger partial charge in [0.05, 0.1) is 13.3 Å². The van der Waals surface area contributed by atoms with Gasteiger partial charge >= 0.3 is 6.18 Å². The number of rotatable bonds is 5. The van der Waals surface area contributed by atoms with Crippen LogP contribution in [0.2, 0.25) is 5.02 Å². The van der Waals surface area contributed by atoms with E-state index in [1.807, 2.05) is 0 Å². The van der Waals surface area contributed by atoms with Gasteiger partial charge in [0.2, 0.25) is 15.9 Å². The number of methoxy groups -OCH3 is 1. The monoisotopic (exact) mass is 395 g/mol. The van der Waals surface area contributed by atoms with Crippen LogP contribution < -0.4 is 4.74 Å². The van der Waals surface area contributed by atoms with Gasteiger partial charge in [-0.1, -0.05) is 23.7 Å². The fraction of sp³-hybridized carbons (Fsp3) is 0.286. The third-order valence-electron chi connectivity index (χ3n) is 3.35. The number of aromatic nitrogens is 2. The zero-order chi connectivity index (χ0) is 18.8. The molecule has 1 atom stereocenters. The molecule has 6 nitrogen and oxygen atoms in total. The molecule has 0 fully saturated rings. The average Bonchev–Trinajstić information content (AvgIpc) is 2.55. The minimum atomic E-state index is -4.85. The van der Waals surface area contributed by atoms with Crippen LogP contribution in [0, 0.1) is 0 Å². The van der Waals surface area contributed by atoms with Crippen molar-refractivity contribution in [1.29, 1.82) is 0 Å². The van der Waals surface area contributed by atoms with Crippen molar-refractivity contribution in [3.8, 4) is 5.88 Å². The Bertz CT molecular complexity index is 844. The molecule has 25 heavy (non-hydrogen) atoms. The van der Waals surface area contributed by atoms with Crippen molar-refractivity contribution in [2.75, 3.05) is 14.2 Å². The molecule has 0 amide bonds. The molecule has 0 bridgehead atoms. The molecule has 0 saturated heterocycles. The van der Waals surface area contributed by atoms with Crippen molar-refractivity contribution in [2.24, 2.45) is 0 Å². The number of halogens is 4. The van der Waals surface area contributed by atoms with Gasteiger partial charge in [-0.3, -0.25) is 0 Å². The maximum absolute atomic E-state index is 13.6. The van der Waals surface area contributed by atoms with Crippen molar-refractivity contribution in [3.05, 3.63) is 47.1 Å². The summed E-state index contributed by atoms with van der Waals surface area (Å²) in [5.41, 5.74) is -0.267. The summed E-state index contributed by atoms with van der Waals surface area (Å²) in [4.78, 5) is -0.468. The Hall–Kier alpha value is -1.91. The van der Waals surface area contributed by atoms with E-state index in [4.69, 9.17) is 16.3 Å². The first-order valence-electron chi connectivity index (χ1n) is 6.74. The smallest absolute Gasteiger partial charge is 0.409 e. The van der Waals surface area contributed by atoms with E-state index in [1.165, 1.54) is 19.2 Å². The molecule has 1 unspecified atom stereocenters. The number of benzene rings is 1. The number of ether oxygens (including phenoxy) is 1. The van der Waals surface area contributed by atoms with Crippen molar-refractivity contribution < 1.29 is 26.3 Å². The Balaban J connectivity index is 2.51. The summed E-state index contributed by atoms with van der Waals surface area (Å²) in [6.45, 7) is 0. The third kappa shape index (κ3) is 4.20. The van der Waals surface area contributed by atoms with Gasteiger partial charge in [0, 0.05) is 18.1 Å². The molecule has 0 saturated carbocycles. The molecule has 0 aliphatic carbocycles. The van der Waals surface area contributed by atoms with Crippen LogP contribution in [0.5, 0.6) is 5.88 Å². The lowest BCUT2D eigenvalue weighted by Gasteiger charge is -2.29. The second-order valence-corrected chi connectivity index (χ2v) is 7.38. The summed E-state index contributed by atoms with van der Waals surface area (Å²) in [6, 6.07) is 3.36. The highest BCUT2D eigenvalue weighted by Gasteiger charge is 2.47. The number of alkyl halides is 3. The summed E-state index contributed by atoms with van der Waals surface area (Å²) < 4.78 is 70.9. The molecule has 0 spiro atoms. The molecule has 0 N–H and O–H groups in total. The van der Waals surface area contributed by atoms with Crippen LogP contribution in [0.3, 0.4) is 0 Å². The molecule has 2 rings (SSSR count). The first-order valence-corrected chi connectivity index (χ1v) is 8.56. The number of hydrogen-bond donors (Lipinski definition) is 0. The molecular weight excluding hydrogens is 383 g/mol. The number of nitrogens with zero attached hydrogens (tertiary/aromatic N) is 3. The number of sulfonamides is 1. The fourth-order valence-electron chi connectivity index (χ4n) is 2.13. The van der Waals surface area contributed by atoms with E-state index in [9.17, 15) is 21.6 Å². The average molecular weight is 396 g/mol. The highest BCUT2D eigenvalue weighted by atomic mass is 35.5. The van der Waals surface area contributed by atoms with Gasteiger partial charge in [0.15, 0.2) is 0 Å². The van der Waals surface area contributed by atoms with E-state index >= 15 is 0 Å². The molecule has 1 aromatic carbocycles. The minimum Gasteiger partial charge on any atom is -0.480 e. The van der Waals surface area contributed by atoms with Crippen LogP contribution in [-0.2, 0) is 10.0 Å². The predicted molar refractivity (Wildman–Crippen MR) is 83.8 cm³/mol. The highest BCUT2D eigenvalue weighted by Crippen LogP contribution is 2.39. The Morgan fingerprint density at radius 1 is 1.24 bits per heavy atom. The summed E-state index contributed by atoms with van der Waals surface area (Å²) in [5.74, 6) is -0.135. The molecule has 0 radical (unpaired) electrons. The Morgan fingerprint density at radius 3 is 2.36 bits per heavy atom. The van der Waals surface area contributed by atoms with Crippen LogP contribution in [0.4, 0.5) is 13.2 Å². The predicted octanol–water partition coefficient (Wildman–Crippen LogP) is 3.06. The summed E-state index contributed by atoms with van der Waals surface area (Å²) in [7, 11) is -2.44. The number of hydrogen-bond acceptors (Lipinski definition) is 5. The molecule has 1 heterocycles. The van der Waals surface area contributed by atoms with Crippen molar-refractivity contribution in [2.45, 2.75) is 17.1 Å². The van der Waals surface area contributed by atoms with Gasteiger partial charge in [-0.05, 0) is 17.7 Å². The molecule has 136 valence electrons. The lowest BCUT2D eigenvalue weighted by atomic mass is 10.1. The van der Waals surface area contributed by atoms with Crippen molar-refractivity contribution in [1.82, 2.24) is 14.5 Å². The maximum atomic E-state index is 13.6. The van der Waals surface area contributed by atoms with Crippen LogP contribution in [0.15, 0.2) is 41.4 Å².